The van der Waals surface area contributed by atoms with Crippen LogP contribution in [0.3, 0.4) is 0 Å². The van der Waals surface area contributed by atoms with Crippen molar-refractivity contribution in [3.8, 4) is 11.5 Å². The monoisotopic (exact) mass is 605 g/mol. The first-order valence-electron chi connectivity index (χ1n) is 13.5. The van der Waals surface area contributed by atoms with Crippen molar-refractivity contribution < 1.29 is 28.2 Å². The van der Waals surface area contributed by atoms with Crippen LogP contribution in [-0.2, 0) is 9.53 Å². The summed E-state index contributed by atoms with van der Waals surface area (Å²) in [6.45, 7) is 0.443. The van der Waals surface area contributed by atoms with Crippen molar-refractivity contribution in [1.82, 2.24) is 9.88 Å². The van der Waals surface area contributed by atoms with Gasteiger partial charge in [-0.05, 0) is 72.3 Å². The van der Waals surface area contributed by atoms with Gasteiger partial charge in [-0.1, -0.05) is 0 Å². The number of aromatic nitrogens is 1. The molecule has 0 bridgehead atoms. The summed E-state index contributed by atoms with van der Waals surface area (Å²) in [6, 6.07) is 13.6. The van der Waals surface area contributed by atoms with E-state index in [4.69, 9.17) is 19.9 Å². The number of pyridine rings is 1. The second kappa shape index (κ2) is 12.7. The highest BCUT2D eigenvalue weighted by Crippen LogP contribution is 2.40. The quantitative estimate of drug-likeness (QED) is 0.181. The van der Waals surface area contributed by atoms with E-state index < -0.39 is 18.0 Å². The Kier molecular flexibility index (Phi) is 8.76. The number of carbonyl (C=O) groups is 2. The van der Waals surface area contributed by atoms with Crippen molar-refractivity contribution in [3.63, 3.8) is 0 Å². The molecule has 0 unspecified atom stereocenters. The molecule has 0 radical (unpaired) electrons. The molecule has 4 N–H and O–H groups in total. The Balaban J connectivity index is 1.56. The number of benzene rings is 3. The van der Waals surface area contributed by atoms with Gasteiger partial charge in [0.1, 0.15) is 17.7 Å². The maximum absolute atomic E-state index is 15.7. The third-order valence-electron chi connectivity index (χ3n) is 7.52. The number of ether oxygens (including phenoxy) is 3. The maximum Gasteiger partial charge on any atom is 0.411 e. The molecular formula is C31H32FN5O5S. The highest BCUT2D eigenvalue weighted by Gasteiger charge is 2.37. The standard InChI is InChI=1S/C31H32FN5O5S/c1-40-25-15-21(23(32)16-26(25)41-2)28(35-18-6-8-20-17(13-18)10-11-34-29(20)33)30(38)37-12-4-5-24(37)22-14-19(7-9-27(22)43)36-31(39)42-3/h6-11,13-16,24,28,35,43H,4-5,12H2,1-3H3,(H2,33,34)(H,36,39)/t24-,28-/m1/s1. The van der Waals surface area contributed by atoms with Gasteiger partial charge in [0.25, 0.3) is 0 Å². The summed E-state index contributed by atoms with van der Waals surface area (Å²) < 4.78 is 31.2. The minimum Gasteiger partial charge on any atom is -0.493 e. The Morgan fingerprint density at radius 1 is 1.05 bits per heavy atom. The normalized spacial score (nSPS) is 15.2. The maximum atomic E-state index is 15.7. The van der Waals surface area contributed by atoms with Gasteiger partial charge in [-0.3, -0.25) is 10.1 Å². The highest BCUT2D eigenvalue weighted by molar-refractivity contribution is 7.80. The van der Waals surface area contributed by atoms with Crippen LogP contribution in [0.2, 0.25) is 0 Å². The van der Waals surface area contributed by atoms with E-state index in [1.807, 2.05) is 12.1 Å². The molecule has 224 valence electrons. The van der Waals surface area contributed by atoms with Gasteiger partial charge >= 0.3 is 6.09 Å². The lowest BCUT2D eigenvalue weighted by Gasteiger charge is -2.31. The number of thiol groups is 1. The molecule has 43 heavy (non-hydrogen) atoms. The Labute approximate surface area is 253 Å². The number of likely N-dealkylation sites (tertiary alicyclic amines) is 1. The van der Waals surface area contributed by atoms with E-state index in [1.165, 1.54) is 33.5 Å². The van der Waals surface area contributed by atoms with Gasteiger partial charge in [-0.15, -0.1) is 12.6 Å². The number of carbonyl (C=O) groups excluding carboxylic acids is 2. The fourth-order valence-corrected chi connectivity index (χ4v) is 5.70. The first-order chi connectivity index (χ1) is 20.7. The molecule has 5 rings (SSSR count). The van der Waals surface area contributed by atoms with Crippen molar-refractivity contribution in [3.05, 3.63) is 77.7 Å². The molecular weight excluding hydrogens is 573 g/mol. The van der Waals surface area contributed by atoms with Crippen LogP contribution in [0.4, 0.5) is 26.4 Å². The number of anilines is 3. The van der Waals surface area contributed by atoms with Crippen LogP contribution in [0, 0.1) is 5.82 Å². The number of nitrogens with zero attached hydrogens (tertiary/aromatic N) is 2. The van der Waals surface area contributed by atoms with Crippen LogP contribution in [0.5, 0.6) is 11.5 Å². The summed E-state index contributed by atoms with van der Waals surface area (Å²) in [5.74, 6) is -0.103. The smallest absolute Gasteiger partial charge is 0.411 e. The molecule has 1 aliphatic heterocycles. The molecule has 1 aliphatic rings. The molecule has 3 aromatic carbocycles. The number of hydrogen-bond acceptors (Lipinski definition) is 9. The third kappa shape index (κ3) is 6.09. The van der Waals surface area contributed by atoms with E-state index in [2.05, 4.69) is 28.2 Å². The molecule has 2 atom stereocenters. The first kappa shape index (κ1) is 29.8. The lowest BCUT2D eigenvalue weighted by Crippen LogP contribution is -2.38. The summed E-state index contributed by atoms with van der Waals surface area (Å²) in [5, 5.41) is 7.49. The SMILES string of the molecule is COC(=O)Nc1ccc(S)c([C@H]2CCCN2C(=O)[C@H](Nc2ccc3c(N)nccc3c2)c2cc(OC)c(OC)cc2F)c1. The lowest BCUT2D eigenvalue weighted by molar-refractivity contribution is -0.133. The molecule has 2 heterocycles. The number of nitrogen functional groups attached to an aromatic ring is 1. The van der Waals surface area contributed by atoms with Crippen LogP contribution in [0.25, 0.3) is 10.8 Å². The average molecular weight is 606 g/mol. The number of nitrogens with one attached hydrogen (secondary N) is 2. The summed E-state index contributed by atoms with van der Waals surface area (Å²) in [4.78, 5) is 32.8. The fraction of sp³-hybridized carbons (Fsp3) is 0.258. The Morgan fingerprint density at radius 3 is 2.53 bits per heavy atom. The van der Waals surface area contributed by atoms with Crippen LogP contribution >= 0.6 is 12.6 Å². The summed E-state index contributed by atoms with van der Waals surface area (Å²) in [5.41, 5.74) is 7.97. The van der Waals surface area contributed by atoms with Crippen LogP contribution < -0.4 is 25.8 Å². The van der Waals surface area contributed by atoms with E-state index in [0.717, 1.165) is 22.8 Å². The van der Waals surface area contributed by atoms with Gasteiger partial charge in [0.05, 0.1) is 27.4 Å². The topological polar surface area (TPSA) is 128 Å². The first-order valence-corrected chi connectivity index (χ1v) is 14.0. The van der Waals surface area contributed by atoms with Gasteiger partial charge in [-0.2, -0.15) is 0 Å². The van der Waals surface area contributed by atoms with Gasteiger partial charge in [0, 0.05) is 46.0 Å². The number of fused-ring (bicyclic) bond motifs is 1. The number of hydrogen-bond donors (Lipinski definition) is 4. The van der Waals surface area contributed by atoms with Crippen molar-refractivity contribution in [1.29, 1.82) is 0 Å². The zero-order chi connectivity index (χ0) is 30.7. The van der Waals surface area contributed by atoms with Gasteiger partial charge in [-0.25, -0.2) is 14.2 Å². The van der Waals surface area contributed by atoms with Gasteiger partial charge < -0.3 is 30.2 Å². The van der Waals surface area contributed by atoms with Crippen molar-refractivity contribution in [2.45, 2.75) is 29.8 Å². The molecule has 2 amide bonds. The Hall–Kier alpha value is -4.71. The van der Waals surface area contributed by atoms with Crippen LogP contribution in [-0.4, -0.2) is 49.8 Å². The number of rotatable bonds is 8. The molecule has 10 nitrogen and oxygen atoms in total. The van der Waals surface area contributed by atoms with E-state index in [1.54, 1.807) is 41.4 Å². The van der Waals surface area contributed by atoms with E-state index in [0.29, 0.717) is 35.1 Å². The summed E-state index contributed by atoms with van der Waals surface area (Å²) in [7, 11) is 4.15. The third-order valence-corrected chi connectivity index (χ3v) is 7.93. The molecule has 12 heteroatoms. The minimum absolute atomic E-state index is 0.0924. The molecule has 1 aromatic heterocycles. The van der Waals surface area contributed by atoms with Crippen LogP contribution in [0.15, 0.2) is 65.7 Å². The van der Waals surface area contributed by atoms with E-state index in [-0.39, 0.29) is 29.0 Å². The predicted octanol–water partition coefficient (Wildman–Crippen LogP) is 5.96. The molecule has 0 aliphatic carbocycles. The number of halogens is 1. The number of nitrogens with two attached hydrogens (primary N) is 1. The molecule has 0 spiro atoms. The van der Waals surface area contributed by atoms with Crippen molar-refractivity contribution in [2.75, 3.05) is 44.2 Å². The zero-order valence-corrected chi connectivity index (χ0v) is 24.8. The minimum atomic E-state index is -1.13. The molecule has 4 aromatic rings. The van der Waals surface area contributed by atoms with Crippen molar-refractivity contribution >= 4 is 52.6 Å². The molecule has 1 fully saturated rings. The zero-order valence-electron chi connectivity index (χ0n) is 23.9. The number of amides is 2. The lowest BCUT2D eigenvalue weighted by atomic mass is 10.00. The largest absolute Gasteiger partial charge is 0.493 e. The van der Waals surface area contributed by atoms with Crippen molar-refractivity contribution in [2.24, 2.45) is 0 Å². The molecule has 1 saturated heterocycles. The van der Waals surface area contributed by atoms with Crippen LogP contribution in [0.1, 0.15) is 36.1 Å². The van der Waals surface area contributed by atoms with E-state index >= 15 is 4.39 Å². The van der Waals surface area contributed by atoms with Gasteiger partial charge in [0.15, 0.2) is 11.5 Å². The summed E-state index contributed by atoms with van der Waals surface area (Å²) >= 11 is 4.65. The number of methoxy groups -OCH3 is 3. The van der Waals surface area contributed by atoms with E-state index in [9.17, 15) is 9.59 Å². The van der Waals surface area contributed by atoms with Gasteiger partial charge in [0.2, 0.25) is 5.91 Å². The molecule has 0 saturated carbocycles. The average Bonchev–Trinajstić information content (AvgIpc) is 3.50. The fourth-order valence-electron chi connectivity index (χ4n) is 5.41. The predicted molar refractivity (Wildman–Crippen MR) is 165 cm³/mol. The Bertz CT molecular complexity index is 1690. The highest BCUT2D eigenvalue weighted by atomic mass is 32.1. The second-order valence-electron chi connectivity index (χ2n) is 10.0. The second-order valence-corrected chi connectivity index (χ2v) is 10.5. The Morgan fingerprint density at radius 2 is 1.79 bits per heavy atom. The summed E-state index contributed by atoms with van der Waals surface area (Å²) in [6.07, 6.45) is 2.37.